The summed E-state index contributed by atoms with van der Waals surface area (Å²) < 4.78 is 17.9. The number of hydrogen-bond acceptors (Lipinski definition) is 4. The van der Waals surface area contributed by atoms with Crippen molar-refractivity contribution in [1.82, 2.24) is 5.32 Å². The fourth-order valence-electron chi connectivity index (χ4n) is 3.34. The van der Waals surface area contributed by atoms with Gasteiger partial charge < -0.3 is 19.4 Å². The van der Waals surface area contributed by atoms with Crippen LogP contribution in [0.15, 0.2) is 60.1 Å². The molecule has 0 unspecified atom stereocenters. The molecular formula is C26H34BNO4. The van der Waals surface area contributed by atoms with Crippen molar-refractivity contribution in [2.24, 2.45) is 0 Å². The van der Waals surface area contributed by atoms with Crippen molar-refractivity contribution in [2.75, 3.05) is 6.54 Å². The molecule has 1 aliphatic rings. The smallest absolute Gasteiger partial charge is 0.444 e. The van der Waals surface area contributed by atoms with E-state index < -0.39 is 30.0 Å². The summed E-state index contributed by atoms with van der Waals surface area (Å²) in [7, 11) is -0.574. The highest BCUT2D eigenvalue weighted by atomic mass is 16.7. The monoisotopic (exact) mass is 435 g/mol. The highest BCUT2D eigenvalue weighted by molar-refractivity contribution is 6.56. The van der Waals surface area contributed by atoms with Crippen LogP contribution in [0.4, 0.5) is 4.79 Å². The summed E-state index contributed by atoms with van der Waals surface area (Å²) in [6.45, 7) is 13.8. The molecule has 6 heteroatoms. The van der Waals surface area contributed by atoms with E-state index in [0.717, 1.165) is 22.2 Å². The predicted octanol–water partition coefficient (Wildman–Crippen LogP) is 5.89. The first-order valence-electron chi connectivity index (χ1n) is 11.0. The Balaban J connectivity index is 1.89. The molecule has 1 saturated heterocycles. The lowest BCUT2D eigenvalue weighted by Crippen LogP contribution is -2.41. The lowest BCUT2D eigenvalue weighted by Gasteiger charge is -2.32. The minimum atomic E-state index is -0.574. The number of benzene rings is 2. The second-order valence-electron chi connectivity index (χ2n) is 10.2. The summed E-state index contributed by atoms with van der Waals surface area (Å²) >= 11 is 0. The number of hydrogen-bond donors (Lipinski definition) is 1. The number of ether oxygens (including phenoxy) is 1. The van der Waals surface area contributed by atoms with Gasteiger partial charge in [0.15, 0.2) is 0 Å². The maximum Gasteiger partial charge on any atom is 0.492 e. The normalized spacial score (nSPS) is 17.8. The molecule has 1 aliphatic heterocycles. The van der Waals surface area contributed by atoms with E-state index in [0.29, 0.717) is 0 Å². The Morgan fingerprint density at radius 1 is 0.969 bits per heavy atom. The molecule has 2 aromatic carbocycles. The Kier molecular flexibility index (Phi) is 6.87. The van der Waals surface area contributed by atoms with Gasteiger partial charge in [-0.3, -0.25) is 0 Å². The van der Waals surface area contributed by atoms with Crippen molar-refractivity contribution in [2.45, 2.75) is 65.3 Å². The molecule has 0 aliphatic carbocycles. The van der Waals surface area contributed by atoms with Gasteiger partial charge in [-0.2, -0.15) is 0 Å². The summed E-state index contributed by atoms with van der Waals surface area (Å²) in [4.78, 5) is 12.3. The maximum atomic E-state index is 12.3. The molecule has 5 nitrogen and oxygen atoms in total. The zero-order valence-electron chi connectivity index (χ0n) is 20.2. The van der Waals surface area contributed by atoms with Crippen LogP contribution in [-0.4, -0.2) is 36.6 Å². The predicted molar refractivity (Wildman–Crippen MR) is 130 cm³/mol. The molecule has 32 heavy (non-hydrogen) atoms. The second kappa shape index (κ2) is 9.12. The van der Waals surface area contributed by atoms with E-state index >= 15 is 0 Å². The fourth-order valence-corrected chi connectivity index (χ4v) is 3.34. The number of nitrogens with one attached hydrogen (secondary N) is 1. The largest absolute Gasteiger partial charge is 0.492 e. The van der Waals surface area contributed by atoms with Gasteiger partial charge in [0, 0.05) is 6.54 Å². The first-order chi connectivity index (χ1) is 14.9. The Morgan fingerprint density at radius 3 is 2.16 bits per heavy atom. The van der Waals surface area contributed by atoms with Crippen molar-refractivity contribution >= 4 is 19.3 Å². The number of amides is 1. The average molecular weight is 435 g/mol. The van der Waals surface area contributed by atoms with Gasteiger partial charge in [0.05, 0.1) is 11.2 Å². The molecule has 1 amide bonds. The number of rotatable bonds is 5. The summed E-state index contributed by atoms with van der Waals surface area (Å²) in [6, 6.07) is 18.5. The van der Waals surface area contributed by atoms with Crippen LogP contribution < -0.4 is 5.32 Å². The van der Waals surface area contributed by atoms with E-state index in [2.05, 4.69) is 29.6 Å². The van der Waals surface area contributed by atoms with Gasteiger partial charge in [0.1, 0.15) is 5.60 Å². The van der Waals surface area contributed by atoms with Gasteiger partial charge in [-0.05, 0) is 76.7 Å². The van der Waals surface area contributed by atoms with E-state index in [-0.39, 0.29) is 6.54 Å². The van der Waals surface area contributed by atoms with E-state index in [1.54, 1.807) is 0 Å². The highest BCUT2D eigenvalue weighted by Crippen LogP contribution is 2.38. The minimum absolute atomic E-state index is 0.251. The molecule has 0 aromatic heterocycles. The summed E-state index contributed by atoms with van der Waals surface area (Å²) in [5, 5.41) is 2.85. The molecule has 170 valence electrons. The van der Waals surface area contributed by atoms with Crippen LogP contribution in [0.25, 0.3) is 17.2 Å². The lowest BCUT2D eigenvalue weighted by molar-refractivity contribution is 0.00578. The van der Waals surface area contributed by atoms with E-state index in [1.807, 2.05) is 84.9 Å². The van der Waals surface area contributed by atoms with Crippen LogP contribution in [0.5, 0.6) is 0 Å². The summed E-state index contributed by atoms with van der Waals surface area (Å²) in [5.41, 5.74) is 2.56. The molecular weight excluding hydrogens is 401 g/mol. The number of alkyl carbamates (subject to hydrolysis) is 1. The lowest BCUT2D eigenvalue weighted by atomic mass is 9.77. The zero-order chi connectivity index (χ0) is 23.6. The van der Waals surface area contributed by atoms with E-state index in [1.165, 1.54) is 0 Å². The van der Waals surface area contributed by atoms with Crippen LogP contribution >= 0.6 is 0 Å². The quantitative estimate of drug-likeness (QED) is 0.595. The molecule has 0 radical (unpaired) electrons. The zero-order valence-corrected chi connectivity index (χ0v) is 20.2. The molecule has 1 N–H and O–H groups in total. The van der Waals surface area contributed by atoms with Gasteiger partial charge in [-0.25, -0.2) is 4.79 Å². The molecule has 3 rings (SSSR count). The van der Waals surface area contributed by atoms with Gasteiger partial charge in [-0.1, -0.05) is 54.6 Å². The molecule has 1 fully saturated rings. The maximum absolute atomic E-state index is 12.3. The van der Waals surface area contributed by atoms with Crippen LogP contribution in [0.2, 0.25) is 0 Å². The van der Waals surface area contributed by atoms with Crippen LogP contribution in [-0.2, 0) is 14.0 Å². The van der Waals surface area contributed by atoms with Crippen LogP contribution in [0.3, 0.4) is 0 Å². The van der Waals surface area contributed by atoms with Gasteiger partial charge in [0.2, 0.25) is 0 Å². The van der Waals surface area contributed by atoms with Crippen molar-refractivity contribution < 1.29 is 18.8 Å². The standard InChI is InChI=1S/C26H34BNO4/c1-24(2,3)30-23(29)28-18-22(27-31-25(4,5)26(6,7)32-27)17-19-12-11-15-21(16-19)20-13-9-8-10-14-20/h8-17H,18H2,1-7H3,(H,28,29). The first-order valence-corrected chi connectivity index (χ1v) is 11.0. The number of carbonyl (C=O) groups excluding carboxylic acids is 1. The Hall–Kier alpha value is -2.57. The third kappa shape index (κ3) is 6.02. The second-order valence-corrected chi connectivity index (χ2v) is 10.2. The van der Waals surface area contributed by atoms with Crippen LogP contribution in [0, 0.1) is 0 Å². The SMILES string of the molecule is CC(C)(C)OC(=O)NCC(=Cc1cccc(-c2ccccc2)c1)B1OC(C)(C)C(C)(C)O1. The van der Waals surface area contributed by atoms with Gasteiger partial charge in [-0.15, -0.1) is 0 Å². The first kappa shape index (κ1) is 24.1. The molecule has 2 aromatic rings. The van der Waals surface area contributed by atoms with Crippen molar-refractivity contribution in [3.05, 3.63) is 65.6 Å². The van der Waals surface area contributed by atoms with Gasteiger partial charge >= 0.3 is 13.2 Å². The highest BCUT2D eigenvalue weighted by Gasteiger charge is 2.52. The molecule has 0 bridgehead atoms. The molecule has 0 saturated carbocycles. The third-order valence-corrected chi connectivity index (χ3v) is 5.74. The van der Waals surface area contributed by atoms with Crippen molar-refractivity contribution in [1.29, 1.82) is 0 Å². The summed E-state index contributed by atoms with van der Waals surface area (Å²) in [6.07, 6.45) is 1.55. The van der Waals surface area contributed by atoms with Crippen molar-refractivity contribution in [3.8, 4) is 11.1 Å². The Morgan fingerprint density at radius 2 is 1.56 bits per heavy atom. The van der Waals surface area contributed by atoms with Crippen molar-refractivity contribution in [3.63, 3.8) is 0 Å². The molecule has 0 spiro atoms. The average Bonchev–Trinajstić information content (AvgIpc) is 2.92. The van der Waals surface area contributed by atoms with E-state index in [9.17, 15) is 4.79 Å². The molecule has 1 heterocycles. The fraction of sp³-hybridized carbons (Fsp3) is 0.423. The van der Waals surface area contributed by atoms with Crippen LogP contribution in [0.1, 0.15) is 54.0 Å². The minimum Gasteiger partial charge on any atom is -0.444 e. The molecule has 0 atom stereocenters. The number of carbonyl (C=O) groups is 1. The summed E-state index contributed by atoms with van der Waals surface area (Å²) in [5.74, 6) is 0. The van der Waals surface area contributed by atoms with Gasteiger partial charge in [0.25, 0.3) is 0 Å². The third-order valence-electron chi connectivity index (χ3n) is 5.74. The van der Waals surface area contributed by atoms with E-state index in [4.69, 9.17) is 14.0 Å². The topological polar surface area (TPSA) is 56.8 Å². The Bertz CT molecular complexity index is 961. The Labute approximate surface area is 192 Å².